The Kier molecular flexibility index (Phi) is 4.26. The monoisotopic (exact) mass is 355 g/mol. The Morgan fingerprint density at radius 3 is 2.37 bits per heavy atom. The first-order valence-corrected chi connectivity index (χ1v) is 10.2. The Hall–Kier alpha value is -2.33. The van der Waals surface area contributed by atoms with E-state index in [0.29, 0.717) is 0 Å². The van der Waals surface area contributed by atoms with Crippen molar-refractivity contribution in [2.75, 3.05) is 0 Å². The van der Waals surface area contributed by atoms with Crippen LogP contribution >= 0.6 is 0 Å². The molecule has 0 heterocycles. The highest BCUT2D eigenvalue weighted by Crippen LogP contribution is 2.46. The molecule has 0 bridgehead atoms. The summed E-state index contributed by atoms with van der Waals surface area (Å²) < 4.78 is 0. The van der Waals surface area contributed by atoms with Crippen LogP contribution in [-0.4, -0.2) is 0 Å². The quantitative estimate of drug-likeness (QED) is 0.553. The molecule has 2 aliphatic rings. The van der Waals surface area contributed by atoms with E-state index in [1.165, 1.54) is 46.2 Å². The molecule has 0 spiro atoms. The van der Waals surface area contributed by atoms with Crippen LogP contribution in [0.1, 0.15) is 86.8 Å². The third kappa shape index (κ3) is 3.23. The van der Waals surface area contributed by atoms with E-state index in [-0.39, 0.29) is 10.8 Å². The van der Waals surface area contributed by atoms with Gasteiger partial charge >= 0.3 is 0 Å². The molecule has 1 heteroatoms. The number of fused-ring (bicyclic) bond motifs is 2. The second-order valence-electron chi connectivity index (χ2n) is 9.58. The van der Waals surface area contributed by atoms with E-state index in [9.17, 15) is 5.26 Å². The molecule has 0 fully saturated rings. The van der Waals surface area contributed by atoms with Gasteiger partial charge in [-0.25, -0.2) is 0 Å². The zero-order valence-corrected chi connectivity index (χ0v) is 17.0. The highest BCUT2D eigenvalue weighted by Gasteiger charge is 2.36. The van der Waals surface area contributed by atoms with Crippen molar-refractivity contribution < 1.29 is 0 Å². The van der Waals surface area contributed by atoms with E-state index < -0.39 is 0 Å². The van der Waals surface area contributed by atoms with Crippen LogP contribution in [-0.2, 0) is 17.3 Å². The molecule has 0 amide bonds. The average Bonchev–Trinajstić information content (AvgIpc) is 2.65. The van der Waals surface area contributed by atoms with E-state index in [4.69, 9.17) is 0 Å². The molecule has 0 N–H and O–H groups in total. The van der Waals surface area contributed by atoms with Crippen molar-refractivity contribution in [2.45, 2.75) is 70.6 Å². The molecule has 0 aliphatic heterocycles. The van der Waals surface area contributed by atoms with Crippen molar-refractivity contribution in [1.82, 2.24) is 0 Å². The molecule has 27 heavy (non-hydrogen) atoms. The van der Waals surface area contributed by atoms with Crippen LogP contribution in [0.2, 0.25) is 0 Å². The van der Waals surface area contributed by atoms with E-state index in [0.717, 1.165) is 24.8 Å². The van der Waals surface area contributed by atoms with Gasteiger partial charge in [0.25, 0.3) is 0 Å². The summed E-state index contributed by atoms with van der Waals surface area (Å²) >= 11 is 0. The Morgan fingerprint density at radius 1 is 0.889 bits per heavy atom. The predicted molar refractivity (Wildman–Crippen MR) is 114 cm³/mol. The lowest BCUT2D eigenvalue weighted by atomic mass is 9.63. The smallest absolute Gasteiger partial charge is 0.0991 e. The molecule has 0 aromatic heterocycles. The fraction of sp³-hybridized carbons (Fsp3) is 0.423. The van der Waals surface area contributed by atoms with E-state index >= 15 is 0 Å². The van der Waals surface area contributed by atoms with Crippen LogP contribution in [0.4, 0.5) is 0 Å². The average molecular weight is 356 g/mol. The topological polar surface area (TPSA) is 23.8 Å². The third-order valence-corrected chi connectivity index (χ3v) is 6.69. The summed E-state index contributed by atoms with van der Waals surface area (Å²) in [5.74, 6) is 0. The number of rotatable bonds is 1. The van der Waals surface area contributed by atoms with E-state index in [2.05, 4.69) is 70.2 Å². The van der Waals surface area contributed by atoms with Crippen LogP contribution < -0.4 is 0 Å². The van der Waals surface area contributed by atoms with Gasteiger partial charge < -0.3 is 0 Å². The fourth-order valence-electron chi connectivity index (χ4n) is 4.83. The van der Waals surface area contributed by atoms with Crippen LogP contribution in [0.15, 0.2) is 36.4 Å². The Morgan fingerprint density at radius 2 is 1.63 bits per heavy atom. The minimum absolute atomic E-state index is 0.242. The van der Waals surface area contributed by atoms with Gasteiger partial charge in [-0.2, -0.15) is 5.26 Å². The summed E-state index contributed by atoms with van der Waals surface area (Å²) in [6.45, 7) is 9.53. The number of allylic oxidation sites excluding steroid dienone is 1. The highest BCUT2D eigenvalue weighted by molar-refractivity contribution is 5.84. The first kappa shape index (κ1) is 18.1. The first-order chi connectivity index (χ1) is 12.8. The zero-order valence-electron chi connectivity index (χ0n) is 17.0. The number of benzene rings is 2. The van der Waals surface area contributed by atoms with Gasteiger partial charge in [-0.1, -0.05) is 58.0 Å². The summed E-state index contributed by atoms with van der Waals surface area (Å²) in [5, 5.41) is 9.18. The third-order valence-electron chi connectivity index (χ3n) is 6.69. The van der Waals surface area contributed by atoms with Gasteiger partial charge in [-0.05, 0) is 88.5 Å². The lowest BCUT2D eigenvalue weighted by Gasteiger charge is -2.42. The number of hydrogen-bond donors (Lipinski definition) is 0. The van der Waals surface area contributed by atoms with Crippen LogP contribution in [0, 0.1) is 11.3 Å². The van der Waals surface area contributed by atoms with Gasteiger partial charge in [-0.15, -0.1) is 0 Å². The molecule has 2 aromatic carbocycles. The van der Waals surface area contributed by atoms with Gasteiger partial charge in [0, 0.05) is 0 Å². The molecular formula is C26H29N. The van der Waals surface area contributed by atoms with Crippen molar-refractivity contribution in [1.29, 1.82) is 5.26 Å². The molecule has 138 valence electrons. The standard InChI is InChI=1S/C26H29N/c1-25(2)12-13-26(3,4)24-16-18(9-11-23(24)25)14-20-6-5-7-21-15-19(17-27)8-10-22(20)21/h8-11,14-16H,5-7,12-13H2,1-4H3/b20-14+. The highest BCUT2D eigenvalue weighted by atomic mass is 14.4. The largest absolute Gasteiger partial charge is 0.192 e. The predicted octanol–water partition coefficient (Wildman–Crippen LogP) is 6.78. The van der Waals surface area contributed by atoms with Gasteiger partial charge in [0.15, 0.2) is 0 Å². The van der Waals surface area contributed by atoms with Gasteiger partial charge in [-0.3, -0.25) is 0 Å². The van der Waals surface area contributed by atoms with E-state index in [1.54, 1.807) is 0 Å². The maximum atomic E-state index is 9.18. The normalized spacial score (nSPS) is 21.2. The fourth-order valence-corrected chi connectivity index (χ4v) is 4.83. The Balaban J connectivity index is 1.78. The van der Waals surface area contributed by atoms with Crippen LogP contribution in [0.5, 0.6) is 0 Å². The summed E-state index contributed by atoms with van der Waals surface area (Å²) in [7, 11) is 0. The SMILES string of the molecule is CC1(C)CCC(C)(C)c2cc(/C=C3\CCCc4cc(C#N)ccc43)ccc21. The van der Waals surface area contributed by atoms with Crippen LogP contribution in [0.25, 0.3) is 11.6 Å². The summed E-state index contributed by atoms with van der Waals surface area (Å²) in [6, 6.07) is 15.5. The van der Waals surface area contributed by atoms with Crippen molar-refractivity contribution in [3.63, 3.8) is 0 Å². The zero-order chi connectivity index (χ0) is 19.2. The summed E-state index contributed by atoms with van der Waals surface area (Å²) in [6.07, 6.45) is 8.23. The lowest BCUT2D eigenvalue weighted by Crippen LogP contribution is -2.33. The first-order valence-electron chi connectivity index (χ1n) is 10.2. The van der Waals surface area contributed by atoms with Crippen LogP contribution in [0.3, 0.4) is 0 Å². The molecule has 0 atom stereocenters. The number of nitriles is 1. The molecule has 4 rings (SSSR count). The molecule has 0 unspecified atom stereocenters. The minimum atomic E-state index is 0.242. The van der Waals surface area contributed by atoms with Crippen molar-refractivity contribution in [3.05, 3.63) is 69.8 Å². The molecule has 2 aromatic rings. The van der Waals surface area contributed by atoms with Crippen molar-refractivity contribution >= 4 is 11.6 Å². The summed E-state index contributed by atoms with van der Waals surface area (Å²) in [5.41, 5.74) is 9.69. The number of aryl methyl sites for hydroxylation is 1. The molecular weight excluding hydrogens is 326 g/mol. The second kappa shape index (κ2) is 6.38. The van der Waals surface area contributed by atoms with Crippen molar-refractivity contribution in [2.24, 2.45) is 0 Å². The van der Waals surface area contributed by atoms with Gasteiger partial charge in [0.2, 0.25) is 0 Å². The molecule has 1 nitrogen and oxygen atoms in total. The Labute approximate surface area is 163 Å². The molecule has 0 radical (unpaired) electrons. The van der Waals surface area contributed by atoms with E-state index in [1.807, 2.05) is 6.07 Å². The van der Waals surface area contributed by atoms with Crippen molar-refractivity contribution in [3.8, 4) is 6.07 Å². The van der Waals surface area contributed by atoms with Gasteiger partial charge in [0.05, 0.1) is 11.6 Å². The minimum Gasteiger partial charge on any atom is -0.192 e. The maximum absolute atomic E-state index is 9.18. The molecule has 0 saturated heterocycles. The maximum Gasteiger partial charge on any atom is 0.0991 e. The lowest BCUT2D eigenvalue weighted by molar-refractivity contribution is 0.332. The van der Waals surface area contributed by atoms with Gasteiger partial charge in [0.1, 0.15) is 0 Å². The second-order valence-corrected chi connectivity index (χ2v) is 9.58. The number of nitrogens with zero attached hydrogens (tertiary/aromatic N) is 1. The molecule has 2 aliphatic carbocycles. The number of hydrogen-bond acceptors (Lipinski definition) is 1. The Bertz CT molecular complexity index is 966. The molecule has 0 saturated carbocycles. The summed E-state index contributed by atoms with van der Waals surface area (Å²) in [4.78, 5) is 0.